The van der Waals surface area contributed by atoms with E-state index in [-0.39, 0.29) is 5.56 Å². The average molecular weight is 381 g/mol. The number of carbonyl (C=O) groups is 3. The zero-order valence-corrected chi connectivity index (χ0v) is 11.5. The Balaban J connectivity index is 2.87. The van der Waals surface area contributed by atoms with Gasteiger partial charge in [-0.25, -0.2) is 9.18 Å². The number of carboxylic acid groups (broad SMARTS) is 2. The molecule has 8 heteroatoms. The van der Waals surface area contributed by atoms with Crippen LogP contribution in [0.15, 0.2) is 18.2 Å². The second-order valence-corrected chi connectivity index (χ2v) is 4.75. The van der Waals surface area contributed by atoms with Crippen molar-refractivity contribution in [2.45, 2.75) is 12.5 Å². The van der Waals surface area contributed by atoms with E-state index in [0.717, 1.165) is 12.1 Å². The van der Waals surface area contributed by atoms with Crippen molar-refractivity contribution in [3.63, 3.8) is 0 Å². The van der Waals surface area contributed by atoms with Crippen molar-refractivity contribution in [3.8, 4) is 0 Å². The maximum Gasteiger partial charge on any atom is 0.326 e. The number of halogens is 2. The number of benzene rings is 1. The molecule has 1 atom stereocenters. The molecule has 0 bridgehead atoms. The number of hydrogen-bond donors (Lipinski definition) is 3. The molecule has 0 unspecified atom stereocenters. The molecule has 0 aliphatic carbocycles. The Labute approximate surface area is 120 Å². The van der Waals surface area contributed by atoms with Gasteiger partial charge >= 0.3 is 11.9 Å². The summed E-state index contributed by atoms with van der Waals surface area (Å²) in [5.41, 5.74) is 0.0821. The van der Waals surface area contributed by atoms with Gasteiger partial charge in [0.15, 0.2) is 0 Å². The van der Waals surface area contributed by atoms with E-state index < -0.39 is 36.1 Å². The zero-order valence-electron chi connectivity index (χ0n) is 9.39. The Morgan fingerprint density at radius 2 is 1.95 bits per heavy atom. The van der Waals surface area contributed by atoms with E-state index in [2.05, 4.69) is 5.32 Å². The summed E-state index contributed by atoms with van der Waals surface area (Å²) >= 11 is 1.73. The highest BCUT2D eigenvalue weighted by Gasteiger charge is 2.24. The third kappa shape index (κ3) is 4.47. The third-order valence-electron chi connectivity index (χ3n) is 2.16. The molecule has 0 aliphatic heterocycles. The fourth-order valence-electron chi connectivity index (χ4n) is 1.28. The van der Waals surface area contributed by atoms with Crippen LogP contribution in [0.3, 0.4) is 0 Å². The highest BCUT2D eigenvalue weighted by Crippen LogP contribution is 2.14. The van der Waals surface area contributed by atoms with Crippen LogP contribution in [0.2, 0.25) is 0 Å². The molecule has 1 rings (SSSR count). The lowest BCUT2D eigenvalue weighted by atomic mass is 10.1. The molecule has 6 nitrogen and oxygen atoms in total. The van der Waals surface area contributed by atoms with E-state index in [1.165, 1.54) is 6.07 Å². The number of amides is 1. The molecular formula is C11H9FINO5. The van der Waals surface area contributed by atoms with Crippen molar-refractivity contribution < 1.29 is 29.0 Å². The van der Waals surface area contributed by atoms with E-state index >= 15 is 0 Å². The Hall–Kier alpha value is -1.71. The van der Waals surface area contributed by atoms with Gasteiger partial charge in [0.05, 0.1) is 12.0 Å². The average Bonchev–Trinajstić information content (AvgIpc) is 2.26. The predicted molar refractivity (Wildman–Crippen MR) is 70.3 cm³/mol. The third-order valence-corrected chi connectivity index (χ3v) is 3.05. The lowest BCUT2D eigenvalue weighted by Crippen LogP contribution is -2.42. The number of carboxylic acids is 2. The smallest absolute Gasteiger partial charge is 0.326 e. The van der Waals surface area contributed by atoms with Gasteiger partial charge in [0.1, 0.15) is 11.9 Å². The second-order valence-electron chi connectivity index (χ2n) is 3.59. The highest BCUT2D eigenvalue weighted by molar-refractivity contribution is 14.1. The molecule has 0 saturated heterocycles. The Kier molecular flexibility index (Phi) is 5.21. The zero-order chi connectivity index (χ0) is 14.6. The number of carbonyl (C=O) groups excluding carboxylic acids is 1. The normalized spacial score (nSPS) is 11.7. The number of rotatable bonds is 5. The second kappa shape index (κ2) is 6.45. The topological polar surface area (TPSA) is 104 Å². The summed E-state index contributed by atoms with van der Waals surface area (Å²) in [5.74, 6) is -4.09. The van der Waals surface area contributed by atoms with Gasteiger partial charge in [-0.3, -0.25) is 9.59 Å². The van der Waals surface area contributed by atoms with E-state index in [4.69, 9.17) is 10.2 Å². The Bertz CT molecular complexity index is 534. The van der Waals surface area contributed by atoms with E-state index in [0.29, 0.717) is 3.57 Å². The van der Waals surface area contributed by atoms with Gasteiger partial charge in [-0.15, -0.1) is 0 Å². The Morgan fingerprint density at radius 1 is 1.32 bits per heavy atom. The fourth-order valence-corrected chi connectivity index (χ4v) is 2.01. The summed E-state index contributed by atoms with van der Waals surface area (Å²) < 4.78 is 13.2. The molecule has 3 N–H and O–H groups in total. The van der Waals surface area contributed by atoms with E-state index in [1.807, 2.05) is 0 Å². The van der Waals surface area contributed by atoms with Gasteiger partial charge in [-0.05, 0) is 40.8 Å². The maximum absolute atomic E-state index is 12.9. The largest absolute Gasteiger partial charge is 0.481 e. The van der Waals surface area contributed by atoms with Gasteiger partial charge in [0.25, 0.3) is 5.91 Å². The van der Waals surface area contributed by atoms with Crippen LogP contribution < -0.4 is 5.32 Å². The van der Waals surface area contributed by atoms with Crippen LogP contribution in [0, 0.1) is 9.39 Å². The minimum atomic E-state index is -1.54. The van der Waals surface area contributed by atoms with E-state index in [1.54, 1.807) is 22.6 Å². The molecular weight excluding hydrogens is 372 g/mol. The Morgan fingerprint density at radius 3 is 2.42 bits per heavy atom. The summed E-state index contributed by atoms with van der Waals surface area (Å²) in [6, 6.07) is 1.84. The molecule has 0 aromatic heterocycles. The standard InChI is InChI=1S/C11H9FINO5/c12-5-1-2-6(7(13)3-5)10(17)14-8(11(18)19)4-9(15)16/h1-3,8H,4H2,(H,14,17)(H,15,16)(H,18,19)/t8-/m1/s1. The molecule has 0 aliphatic rings. The summed E-state index contributed by atoms with van der Waals surface area (Å²) in [4.78, 5) is 33.1. The SMILES string of the molecule is O=C(O)C[C@@H](NC(=O)c1ccc(F)cc1I)C(=O)O. The number of hydrogen-bond acceptors (Lipinski definition) is 3. The molecule has 1 aromatic rings. The summed E-state index contributed by atoms with van der Waals surface area (Å²) in [5, 5.41) is 19.4. The molecule has 19 heavy (non-hydrogen) atoms. The highest BCUT2D eigenvalue weighted by atomic mass is 127. The van der Waals surface area contributed by atoms with Crippen molar-refractivity contribution in [2.75, 3.05) is 0 Å². The molecule has 0 radical (unpaired) electrons. The van der Waals surface area contributed by atoms with Crippen LogP contribution in [-0.4, -0.2) is 34.1 Å². The van der Waals surface area contributed by atoms with Gasteiger partial charge in [0.2, 0.25) is 0 Å². The first kappa shape index (κ1) is 15.3. The van der Waals surface area contributed by atoms with Crippen molar-refractivity contribution in [3.05, 3.63) is 33.1 Å². The van der Waals surface area contributed by atoms with Gasteiger partial charge < -0.3 is 15.5 Å². The van der Waals surface area contributed by atoms with Gasteiger partial charge in [-0.2, -0.15) is 0 Å². The van der Waals surface area contributed by atoms with Crippen molar-refractivity contribution in [1.29, 1.82) is 0 Å². The quantitative estimate of drug-likeness (QED) is 0.663. The summed E-state index contributed by atoms with van der Waals surface area (Å²) in [6.45, 7) is 0. The maximum atomic E-state index is 12.9. The van der Waals surface area contributed by atoms with Crippen molar-refractivity contribution in [1.82, 2.24) is 5.32 Å². The first-order valence-electron chi connectivity index (χ1n) is 5.01. The number of nitrogens with one attached hydrogen (secondary N) is 1. The van der Waals surface area contributed by atoms with Gasteiger partial charge in [0, 0.05) is 3.57 Å². The number of aliphatic carboxylic acids is 2. The molecule has 102 valence electrons. The molecule has 0 fully saturated rings. The molecule has 0 spiro atoms. The lowest BCUT2D eigenvalue weighted by Gasteiger charge is -2.13. The molecule has 1 amide bonds. The lowest BCUT2D eigenvalue weighted by molar-refractivity contribution is -0.145. The summed E-state index contributed by atoms with van der Waals surface area (Å²) in [7, 11) is 0. The molecule has 0 heterocycles. The monoisotopic (exact) mass is 381 g/mol. The van der Waals surface area contributed by atoms with E-state index in [9.17, 15) is 18.8 Å². The van der Waals surface area contributed by atoms with Gasteiger partial charge in [-0.1, -0.05) is 0 Å². The fraction of sp³-hybridized carbons (Fsp3) is 0.182. The molecule has 1 aromatic carbocycles. The van der Waals surface area contributed by atoms with Crippen molar-refractivity contribution >= 4 is 40.4 Å². The minimum absolute atomic E-state index is 0.0821. The predicted octanol–water partition coefficient (Wildman–Crippen LogP) is 1.09. The van der Waals surface area contributed by atoms with Crippen LogP contribution in [0.25, 0.3) is 0 Å². The first-order valence-corrected chi connectivity index (χ1v) is 6.09. The van der Waals surface area contributed by atoms with Crippen molar-refractivity contribution in [2.24, 2.45) is 0 Å². The van der Waals surface area contributed by atoms with Crippen LogP contribution in [0.5, 0.6) is 0 Å². The van der Waals surface area contributed by atoms with Crippen LogP contribution in [-0.2, 0) is 9.59 Å². The molecule has 0 saturated carbocycles. The summed E-state index contributed by atoms with van der Waals surface area (Å²) in [6.07, 6.45) is -0.737. The van der Waals surface area contributed by atoms with Crippen LogP contribution in [0.1, 0.15) is 16.8 Å². The van der Waals surface area contributed by atoms with Crippen LogP contribution >= 0.6 is 22.6 Å². The van der Waals surface area contributed by atoms with Crippen LogP contribution in [0.4, 0.5) is 4.39 Å². The first-order chi connectivity index (χ1) is 8.81. The minimum Gasteiger partial charge on any atom is -0.481 e.